The highest BCUT2D eigenvalue weighted by Crippen LogP contribution is 2.31. The summed E-state index contributed by atoms with van der Waals surface area (Å²) in [4.78, 5) is 42.5. The van der Waals surface area contributed by atoms with E-state index in [4.69, 9.17) is 4.52 Å². The average molecular weight is 548 g/mol. The molecule has 4 aromatic rings. The van der Waals surface area contributed by atoms with Gasteiger partial charge in [-0.25, -0.2) is 19.7 Å². The highest BCUT2D eigenvalue weighted by Gasteiger charge is 2.20. The third-order valence-electron chi connectivity index (χ3n) is 6.19. The first kappa shape index (κ1) is 26.1. The summed E-state index contributed by atoms with van der Waals surface area (Å²) < 4.78 is 5.10. The molecule has 13 heteroatoms. The predicted octanol–water partition coefficient (Wildman–Crippen LogP) is 4.52. The molecule has 1 aliphatic rings. The van der Waals surface area contributed by atoms with Crippen molar-refractivity contribution >= 4 is 51.5 Å². The maximum absolute atomic E-state index is 12.3. The van der Waals surface area contributed by atoms with Crippen LogP contribution in [0.25, 0.3) is 10.4 Å². The minimum absolute atomic E-state index is 0.0975. The van der Waals surface area contributed by atoms with Gasteiger partial charge in [0.2, 0.25) is 5.91 Å². The number of nitrogens with one attached hydrogen (secondary N) is 3. The largest absolute Gasteiger partial charge is 0.359 e. The van der Waals surface area contributed by atoms with Gasteiger partial charge in [0.25, 0.3) is 0 Å². The Bertz CT molecular complexity index is 1460. The van der Waals surface area contributed by atoms with Gasteiger partial charge < -0.3 is 25.0 Å². The average Bonchev–Trinajstić information content (AvgIpc) is 3.58. The molecule has 4 heterocycles. The number of benzene rings is 1. The number of hydrogen-bond acceptors (Lipinski definition) is 10. The van der Waals surface area contributed by atoms with E-state index in [9.17, 15) is 9.59 Å². The number of aromatic nitrogens is 4. The van der Waals surface area contributed by atoms with E-state index < -0.39 is 6.03 Å². The van der Waals surface area contributed by atoms with Gasteiger partial charge in [-0.3, -0.25) is 10.1 Å². The van der Waals surface area contributed by atoms with E-state index in [1.54, 1.807) is 19.2 Å². The van der Waals surface area contributed by atoms with E-state index in [-0.39, 0.29) is 5.91 Å². The summed E-state index contributed by atoms with van der Waals surface area (Å²) in [5.74, 6) is 3.31. The van der Waals surface area contributed by atoms with Crippen LogP contribution in [0.3, 0.4) is 0 Å². The van der Waals surface area contributed by atoms with Crippen molar-refractivity contribution in [3.63, 3.8) is 0 Å². The Labute approximate surface area is 229 Å². The number of anilines is 5. The molecule has 0 radical (unpaired) electrons. The van der Waals surface area contributed by atoms with Crippen LogP contribution in [-0.4, -0.2) is 63.1 Å². The molecule has 1 fully saturated rings. The first-order chi connectivity index (χ1) is 18.9. The van der Waals surface area contributed by atoms with Gasteiger partial charge in [-0.2, -0.15) is 0 Å². The first-order valence-electron chi connectivity index (χ1n) is 12.6. The van der Waals surface area contributed by atoms with Crippen LogP contribution < -0.4 is 20.9 Å². The zero-order valence-corrected chi connectivity index (χ0v) is 22.7. The molecule has 12 nitrogen and oxygen atoms in total. The van der Waals surface area contributed by atoms with E-state index in [0.29, 0.717) is 53.5 Å². The van der Waals surface area contributed by atoms with Crippen LogP contribution >= 0.6 is 11.3 Å². The zero-order chi connectivity index (χ0) is 27.4. The highest BCUT2D eigenvalue weighted by atomic mass is 32.1. The van der Waals surface area contributed by atoms with Gasteiger partial charge in [0.15, 0.2) is 10.9 Å². The summed E-state index contributed by atoms with van der Waals surface area (Å²) in [6, 6.07) is 10.7. The molecule has 0 unspecified atom stereocenters. The number of amides is 3. The molecule has 0 saturated carbocycles. The van der Waals surface area contributed by atoms with Gasteiger partial charge >= 0.3 is 6.03 Å². The number of urea groups is 1. The number of carbonyl (C=O) groups excluding carboxylic acids is 2. The van der Waals surface area contributed by atoms with Gasteiger partial charge in [0, 0.05) is 63.5 Å². The van der Waals surface area contributed by atoms with Gasteiger partial charge in [-0.1, -0.05) is 35.5 Å². The van der Waals surface area contributed by atoms with Crippen LogP contribution in [-0.2, 0) is 11.2 Å². The fraction of sp³-hybridized carbons (Fsp3) is 0.308. The molecular weight excluding hydrogens is 518 g/mol. The number of rotatable bonds is 7. The van der Waals surface area contributed by atoms with Crippen LogP contribution in [0, 0.1) is 6.92 Å². The minimum Gasteiger partial charge on any atom is -0.359 e. The van der Waals surface area contributed by atoms with E-state index in [1.807, 2.05) is 49.1 Å². The Morgan fingerprint density at radius 1 is 1.03 bits per heavy atom. The second kappa shape index (κ2) is 11.5. The molecule has 1 saturated heterocycles. The van der Waals surface area contributed by atoms with Crippen LogP contribution in [0.1, 0.15) is 25.4 Å². The molecule has 3 amide bonds. The monoisotopic (exact) mass is 547 g/mol. The van der Waals surface area contributed by atoms with Crippen LogP contribution in [0.15, 0.2) is 47.1 Å². The van der Waals surface area contributed by atoms with Crippen LogP contribution in [0.2, 0.25) is 0 Å². The lowest BCUT2D eigenvalue weighted by molar-refractivity contribution is -0.129. The minimum atomic E-state index is -0.400. The highest BCUT2D eigenvalue weighted by molar-refractivity contribution is 7.18. The Morgan fingerprint density at radius 3 is 2.49 bits per heavy atom. The maximum atomic E-state index is 12.3. The van der Waals surface area contributed by atoms with E-state index in [2.05, 4.69) is 41.0 Å². The summed E-state index contributed by atoms with van der Waals surface area (Å²) in [7, 11) is 0. The fourth-order valence-corrected chi connectivity index (χ4v) is 4.97. The van der Waals surface area contributed by atoms with Crippen molar-refractivity contribution in [2.24, 2.45) is 0 Å². The van der Waals surface area contributed by atoms with Crippen molar-refractivity contribution in [3.8, 4) is 10.4 Å². The molecule has 39 heavy (non-hydrogen) atoms. The van der Waals surface area contributed by atoms with E-state index in [1.165, 1.54) is 11.3 Å². The lowest BCUT2D eigenvalue weighted by atomic mass is 10.2. The first-order valence-corrected chi connectivity index (χ1v) is 13.4. The van der Waals surface area contributed by atoms with Gasteiger partial charge in [0.05, 0.1) is 4.88 Å². The third-order valence-corrected chi connectivity index (χ3v) is 7.15. The predicted molar refractivity (Wildman–Crippen MR) is 151 cm³/mol. The molecule has 0 atom stereocenters. The van der Waals surface area contributed by atoms with E-state index in [0.717, 1.165) is 29.3 Å². The van der Waals surface area contributed by atoms with Crippen LogP contribution in [0.4, 0.5) is 33.1 Å². The smallest absolute Gasteiger partial charge is 0.324 e. The Kier molecular flexibility index (Phi) is 7.68. The second-order valence-electron chi connectivity index (χ2n) is 8.99. The molecule has 1 aromatic carbocycles. The van der Waals surface area contributed by atoms with Crippen molar-refractivity contribution in [1.82, 2.24) is 25.0 Å². The molecule has 202 valence electrons. The summed E-state index contributed by atoms with van der Waals surface area (Å²) in [6.07, 6.45) is 2.50. The molecule has 5 rings (SSSR count). The number of piperazine rings is 1. The Hall–Kier alpha value is -4.52. The van der Waals surface area contributed by atoms with Crippen molar-refractivity contribution < 1.29 is 14.1 Å². The molecule has 0 aliphatic carbocycles. The molecular formula is C26H29N9O3S. The Morgan fingerprint density at radius 2 is 1.79 bits per heavy atom. The number of hydrogen-bond donors (Lipinski definition) is 3. The molecule has 1 aliphatic heterocycles. The van der Waals surface area contributed by atoms with Crippen LogP contribution in [0.5, 0.6) is 0 Å². The lowest BCUT2D eigenvalue weighted by Crippen LogP contribution is -2.48. The second-order valence-corrected chi connectivity index (χ2v) is 10.0. The third kappa shape index (κ3) is 6.49. The topological polar surface area (TPSA) is 141 Å². The summed E-state index contributed by atoms with van der Waals surface area (Å²) in [6.45, 7) is 8.21. The number of carbonyl (C=O) groups is 2. The number of aryl methyl sites for hydroxylation is 2. The summed E-state index contributed by atoms with van der Waals surface area (Å²) in [5, 5.41) is 13.3. The summed E-state index contributed by atoms with van der Waals surface area (Å²) in [5.41, 5.74) is 1.62. The van der Waals surface area contributed by atoms with Gasteiger partial charge in [-0.05, 0) is 24.6 Å². The SMILES string of the molecule is CCc1cc(NC(=O)Nc2ccc(-c3cnc(Nc4cc(N5CCN(C(C)=O)CC5)nc(C)n4)s3)cc2)no1. The quantitative estimate of drug-likeness (QED) is 0.304. The Balaban J connectivity index is 1.20. The van der Waals surface area contributed by atoms with Crippen molar-refractivity contribution in [1.29, 1.82) is 0 Å². The maximum Gasteiger partial charge on any atom is 0.324 e. The summed E-state index contributed by atoms with van der Waals surface area (Å²) >= 11 is 1.50. The standard InChI is InChI=1S/C26H29N9O3S/c1-4-20-13-23(33-38-20)31-25(37)30-19-7-5-18(6-8-19)21-15-27-26(39-21)32-22-14-24(29-16(2)28-22)35-11-9-34(10-12-35)17(3)36/h5-8,13-15H,4,9-12H2,1-3H3,(H,27,28,29,32)(H2,30,31,33,37). The zero-order valence-electron chi connectivity index (χ0n) is 21.9. The van der Waals surface area contributed by atoms with Crippen molar-refractivity contribution in [2.45, 2.75) is 27.2 Å². The molecule has 0 bridgehead atoms. The normalized spacial score (nSPS) is 13.3. The van der Waals surface area contributed by atoms with Gasteiger partial charge in [0.1, 0.15) is 23.2 Å². The lowest BCUT2D eigenvalue weighted by Gasteiger charge is -2.35. The number of nitrogens with zero attached hydrogens (tertiary/aromatic N) is 6. The van der Waals surface area contributed by atoms with Crippen molar-refractivity contribution in [3.05, 3.63) is 54.2 Å². The van der Waals surface area contributed by atoms with Gasteiger partial charge in [-0.15, -0.1) is 0 Å². The fourth-order valence-electron chi connectivity index (χ4n) is 4.14. The molecule has 3 aromatic heterocycles. The molecule has 0 spiro atoms. The van der Waals surface area contributed by atoms with E-state index >= 15 is 0 Å². The van der Waals surface area contributed by atoms with Crippen molar-refractivity contribution in [2.75, 3.05) is 47.0 Å². The number of thiazole rings is 1. The molecule has 3 N–H and O–H groups in total.